The highest BCUT2D eigenvalue weighted by atomic mass is 79.9. The van der Waals surface area contributed by atoms with E-state index in [-0.39, 0.29) is 17.2 Å². The molecule has 1 aromatic rings. The molecule has 1 aromatic carbocycles. The van der Waals surface area contributed by atoms with Gasteiger partial charge in [0.25, 0.3) is 5.91 Å². The minimum Gasteiger partial charge on any atom is -0.507 e. The minimum atomic E-state index is -0.568. The summed E-state index contributed by atoms with van der Waals surface area (Å²) in [6.07, 6.45) is 0. The fourth-order valence-electron chi connectivity index (χ4n) is 1.23. The Kier molecular flexibility index (Phi) is 4.14. The van der Waals surface area contributed by atoms with Crippen LogP contribution in [0.25, 0.3) is 0 Å². The molecule has 94 valence electrons. The minimum absolute atomic E-state index is 0.0999. The fraction of sp³-hybridized carbons (Fsp3) is 0.417. The Morgan fingerprint density at radius 3 is 2.59 bits per heavy atom. The summed E-state index contributed by atoms with van der Waals surface area (Å²) >= 11 is 3.33. The van der Waals surface area contributed by atoms with Gasteiger partial charge >= 0.3 is 0 Å². The van der Waals surface area contributed by atoms with Crippen LogP contribution < -0.4 is 0 Å². The van der Waals surface area contributed by atoms with Gasteiger partial charge in [-0.25, -0.2) is 4.39 Å². The number of alkyl halides is 1. The predicted octanol–water partition coefficient (Wildman–Crippen LogP) is 2.78. The van der Waals surface area contributed by atoms with E-state index < -0.39 is 11.4 Å². The summed E-state index contributed by atoms with van der Waals surface area (Å²) in [7, 11) is 1.65. The molecule has 3 nitrogen and oxygen atoms in total. The maximum Gasteiger partial charge on any atom is 0.257 e. The lowest BCUT2D eigenvalue weighted by molar-refractivity contribution is 0.0660. The quantitative estimate of drug-likeness (QED) is 0.872. The number of phenols is 1. The molecule has 5 heteroatoms. The van der Waals surface area contributed by atoms with E-state index in [1.54, 1.807) is 7.05 Å². The van der Waals surface area contributed by atoms with Crippen LogP contribution in [0.5, 0.6) is 5.75 Å². The Labute approximate surface area is 108 Å². The van der Waals surface area contributed by atoms with Gasteiger partial charge in [-0.15, -0.1) is 0 Å². The van der Waals surface area contributed by atoms with Crippen molar-refractivity contribution in [2.24, 2.45) is 0 Å². The number of carbonyl (C=O) groups is 1. The van der Waals surface area contributed by atoms with E-state index in [2.05, 4.69) is 15.9 Å². The molecule has 0 aliphatic rings. The number of benzene rings is 1. The Bertz CT molecular complexity index is 435. The lowest BCUT2D eigenvalue weighted by Gasteiger charge is -2.34. The third-order valence-electron chi connectivity index (χ3n) is 2.73. The van der Waals surface area contributed by atoms with E-state index >= 15 is 0 Å². The normalized spacial score (nSPS) is 11.4. The summed E-state index contributed by atoms with van der Waals surface area (Å²) < 4.78 is 12.8. The molecule has 0 spiro atoms. The summed E-state index contributed by atoms with van der Waals surface area (Å²) in [5.74, 6) is -1.25. The molecular formula is C12H15BrFNO2. The van der Waals surface area contributed by atoms with Crippen molar-refractivity contribution in [3.8, 4) is 5.75 Å². The summed E-state index contributed by atoms with van der Waals surface area (Å²) in [5.41, 5.74) is -0.291. The Morgan fingerprint density at radius 1 is 1.53 bits per heavy atom. The summed E-state index contributed by atoms with van der Waals surface area (Å²) in [5, 5.41) is 10.2. The molecule has 0 atom stereocenters. The molecule has 1 amide bonds. The molecule has 0 bridgehead atoms. The average molecular weight is 304 g/mol. The van der Waals surface area contributed by atoms with Crippen LogP contribution >= 0.6 is 15.9 Å². The van der Waals surface area contributed by atoms with E-state index in [1.807, 2.05) is 13.8 Å². The number of phenolic OH excluding ortho intramolecular Hbond substituents is 1. The fourth-order valence-corrected chi connectivity index (χ4v) is 1.61. The van der Waals surface area contributed by atoms with Gasteiger partial charge < -0.3 is 10.0 Å². The SMILES string of the molecule is CN(C(=O)c1ccc(F)cc1O)C(C)(C)CBr. The van der Waals surface area contributed by atoms with Crippen molar-refractivity contribution in [2.75, 3.05) is 12.4 Å². The number of amides is 1. The number of hydrogen-bond acceptors (Lipinski definition) is 2. The van der Waals surface area contributed by atoms with E-state index in [0.29, 0.717) is 5.33 Å². The van der Waals surface area contributed by atoms with Gasteiger partial charge in [0.05, 0.1) is 5.56 Å². The van der Waals surface area contributed by atoms with Gasteiger partial charge in [0.2, 0.25) is 0 Å². The molecule has 0 fully saturated rings. The van der Waals surface area contributed by atoms with Crippen molar-refractivity contribution in [2.45, 2.75) is 19.4 Å². The van der Waals surface area contributed by atoms with Crippen LogP contribution in [0.15, 0.2) is 18.2 Å². The molecule has 0 aliphatic heterocycles. The van der Waals surface area contributed by atoms with Crippen LogP contribution in [-0.4, -0.2) is 33.8 Å². The molecule has 0 saturated heterocycles. The van der Waals surface area contributed by atoms with Gasteiger partial charge in [0.15, 0.2) is 0 Å². The van der Waals surface area contributed by atoms with Gasteiger partial charge in [-0.2, -0.15) is 0 Å². The third-order valence-corrected chi connectivity index (χ3v) is 4.10. The first-order chi connectivity index (χ1) is 7.79. The largest absolute Gasteiger partial charge is 0.507 e. The zero-order valence-electron chi connectivity index (χ0n) is 10.00. The number of hydrogen-bond donors (Lipinski definition) is 1. The molecule has 0 aliphatic carbocycles. The van der Waals surface area contributed by atoms with E-state index in [1.165, 1.54) is 11.0 Å². The van der Waals surface area contributed by atoms with Crippen LogP contribution in [0.4, 0.5) is 4.39 Å². The smallest absolute Gasteiger partial charge is 0.257 e. The Balaban J connectivity index is 3.05. The number of rotatable bonds is 3. The third kappa shape index (κ3) is 2.97. The van der Waals surface area contributed by atoms with Crippen LogP contribution in [0.1, 0.15) is 24.2 Å². The second-order valence-electron chi connectivity index (χ2n) is 4.47. The van der Waals surface area contributed by atoms with Gasteiger partial charge in [-0.3, -0.25) is 4.79 Å². The Morgan fingerprint density at radius 2 is 2.12 bits per heavy atom. The van der Waals surface area contributed by atoms with E-state index in [0.717, 1.165) is 12.1 Å². The topological polar surface area (TPSA) is 40.5 Å². The first-order valence-corrected chi connectivity index (χ1v) is 6.24. The molecule has 17 heavy (non-hydrogen) atoms. The molecule has 1 N–H and O–H groups in total. The lowest BCUT2D eigenvalue weighted by atomic mass is 10.0. The highest BCUT2D eigenvalue weighted by molar-refractivity contribution is 9.09. The van der Waals surface area contributed by atoms with Crippen molar-refractivity contribution in [1.29, 1.82) is 0 Å². The van der Waals surface area contributed by atoms with Gasteiger partial charge in [0, 0.05) is 24.0 Å². The number of nitrogens with zero attached hydrogens (tertiary/aromatic N) is 1. The zero-order chi connectivity index (χ0) is 13.2. The van der Waals surface area contributed by atoms with E-state index in [9.17, 15) is 14.3 Å². The van der Waals surface area contributed by atoms with Crippen molar-refractivity contribution in [3.05, 3.63) is 29.6 Å². The van der Waals surface area contributed by atoms with Crippen molar-refractivity contribution in [1.82, 2.24) is 4.90 Å². The van der Waals surface area contributed by atoms with Crippen molar-refractivity contribution in [3.63, 3.8) is 0 Å². The van der Waals surface area contributed by atoms with Crippen molar-refractivity contribution < 1.29 is 14.3 Å². The molecule has 0 radical (unpaired) electrons. The highest BCUT2D eigenvalue weighted by Gasteiger charge is 2.28. The van der Waals surface area contributed by atoms with Gasteiger partial charge in [-0.1, -0.05) is 15.9 Å². The summed E-state index contributed by atoms with van der Waals surface area (Å²) in [6, 6.07) is 3.37. The number of halogens is 2. The number of aromatic hydroxyl groups is 1. The molecule has 0 unspecified atom stereocenters. The monoisotopic (exact) mass is 303 g/mol. The average Bonchev–Trinajstić information content (AvgIpc) is 2.27. The highest BCUT2D eigenvalue weighted by Crippen LogP contribution is 2.23. The first-order valence-electron chi connectivity index (χ1n) is 5.12. The molecule has 0 aromatic heterocycles. The molecule has 0 heterocycles. The van der Waals surface area contributed by atoms with Gasteiger partial charge in [-0.05, 0) is 26.0 Å². The zero-order valence-corrected chi connectivity index (χ0v) is 11.6. The van der Waals surface area contributed by atoms with Gasteiger partial charge in [0.1, 0.15) is 11.6 Å². The maximum absolute atomic E-state index is 12.8. The summed E-state index contributed by atoms with van der Waals surface area (Å²) in [6.45, 7) is 3.78. The van der Waals surface area contributed by atoms with Crippen LogP contribution in [0, 0.1) is 5.82 Å². The summed E-state index contributed by atoms with van der Waals surface area (Å²) in [4.78, 5) is 13.6. The number of carbonyl (C=O) groups excluding carboxylic acids is 1. The first kappa shape index (κ1) is 14.0. The van der Waals surface area contributed by atoms with Crippen molar-refractivity contribution >= 4 is 21.8 Å². The molecular weight excluding hydrogens is 289 g/mol. The second kappa shape index (κ2) is 5.04. The molecule has 1 rings (SSSR count). The molecule has 0 saturated carbocycles. The van der Waals surface area contributed by atoms with Crippen LogP contribution in [-0.2, 0) is 0 Å². The van der Waals surface area contributed by atoms with E-state index in [4.69, 9.17) is 0 Å². The van der Waals surface area contributed by atoms with Crippen LogP contribution in [0.2, 0.25) is 0 Å². The lowest BCUT2D eigenvalue weighted by Crippen LogP contribution is -2.46. The Hall–Kier alpha value is -1.10. The predicted molar refractivity (Wildman–Crippen MR) is 68.0 cm³/mol. The second-order valence-corrected chi connectivity index (χ2v) is 5.03. The van der Waals surface area contributed by atoms with Crippen LogP contribution in [0.3, 0.4) is 0 Å². The standard InChI is InChI=1S/C12H15BrFNO2/c1-12(2,7-13)15(3)11(17)9-5-4-8(14)6-10(9)16/h4-6,16H,7H2,1-3H3. The maximum atomic E-state index is 12.8.